The molecule has 16 heteroatoms. The Labute approximate surface area is 157 Å². The number of nitrogens with zero attached hydrogens (tertiary/aromatic N) is 4. The maximum atomic E-state index is 11.8. The molecule has 0 aliphatic carbocycles. The summed E-state index contributed by atoms with van der Waals surface area (Å²) < 4.78 is 34.2. The van der Waals surface area contributed by atoms with Gasteiger partial charge in [-0.05, 0) is 6.92 Å². The summed E-state index contributed by atoms with van der Waals surface area (Å²) in [5.41, 5.74) is 4.30. The fourth-order valence-corrected chi connectivity index (χ4v) is 5.45. The Hall–Kier alpha value is -1.47. The Morgan fingerprint density at radius 1 is 1.32 bits per heavy atom. The monoisotopic (exact) mass is 439 g/mol. The number of hydrogen-bond acceptors (Lipinski definition) is 10. The fraction of sp³-hybridized carbons (Fsp3) is 0.583. The number of aromatic nitrogens is 4. The molecule has 156 valence electrons. The van der Waals surface area contributed by atoms with Crippen LogP contribution in [-0.2, 0) is 18.4 Å². The Balaban J connectivity index is 1.81. The first kappa shape index (κ1) is 21.2. The van der Waals surface area contributed by atoms with E-state index in [9.17, 15) is 24.2 Å². The third kappa shape index (κ3) is 4.10. The highest BCUT2D eigenvalue weighted by atomic mass is 31.2. The van der Waals surface area contributed by atoms with Crippen LogP contribution in [0.3, 0.4) is 0 Å². The predicted molar refractivity (Wildman–Crippen MR) is 93.0 cm³/mol. The van der Waals surface area contributed by atoms with Gasteiger partial charge in [0.1, 0.15) is 29.7 Å². The van der Waals surface area contributed by atoms with Gasteiger partial charge in [-0.1, -0.05) is 0 Å². The maximum Gasteiger partial charge on any atom is 0.340 e. The molecule has 1 saturated heterocycles. The molecule has 1 aliphatic heterocycles. The second kappa shape index (κ2) is 7.10. The lowest BCUT2D eigenvalue weighted by Crippen LogP contribution is -2.44. The van der Waals surface area contributed by atoms with Crippen LogP contribution in [0.5, 0.6) is 0 Å². The molecule has 14 nitrogen and oxygen atoms in total. The number of nitrogens with two attached hydrogens (primary N) is 1. The standard InChI is InChI=1S/C12H19N5O9P2/c1-12(19)8(18)6(2-25-28(23,24)5-27(20,21)22)26-11(12)17-4-16-7-9(13)14-3-15-10(7)17/h3-4,6,8,11,18-19H,2,5H2,1H3,(H,23,24)(H2,13,14,15)(H2,20,21,22)/t6-,8-,11-,12-/m1/s1. The van der Waals surface area contributed by atoms with Gasteiger partial charge in [-0.15, -0.1) is 0 Å². The molecule has 1 aliphatic rings. The third-order valence-electron chi connectivity index (χ3n) is 4.20. The highest BCUT2D eigenvalue weighted by Crippen LogP contribution is 2.55. The van der Waals surface area contributed by atoms with E-state index in [1.807, 2.05) is 0 Å². The molecule has 1 unspecified atom stereocenters. The van der Waals surface area contributed by atoms with E-state index in [4.69, 9.17) is 20.3 Å². The van der Waals surface area contributed by atoms with E-state index in [1.54, 1.807) is 0 Å². The second-order valence-corrected chi connectivity index (χ2v) is 10.5. The van der Waals surface area contributed by atoms with E-state index in [0.717, 1.165) is 0 Å². The molecule has 5 atom stereocenters. The molecule has 28 heavy (non-hydrogen) atoms. The van der Waals surface area contributed by atoms with E-state index in [1.165, 1.54) is 24.1 Å². The van der Waals surface area contributed by atoms with Gasteiger partial charge in [0.15, 0.2) is 23.6 Å². The van der Waals surface area contributed by atoms with E-state index < -0.39 is 51.7 Å². The molecule has 0 amide bonds. The molecule has 1 fully saturated rings. The minimum Gasteiger partial charge on any atom is -0.387 e. The summed E-state index contributed by atoms with van der Waals surface area (Å²) in [6, 6.07) is 0. The van der Waals surface area contributed by atoms with Crippen LogP contribution in [0.15, 0.2) is 12.7 Å². The van der Waals surface area contributed by atoms with Crippen molar-refractivity contribution in [3.63, 3.8) is 0 Å². The summed E-state index contributed by atoms with van der Waals surface area (Å²) in [5.74, 6) is -1.29. The normalized spacial score (nSPS) is 30.6. The second-order valence-electron chi connectivity index (χ2n) is 6.52. The molecule has 3 rings (SSSR count). The van der Waals surface area contributed by atoms with Crippen molar-refractivity contribution in [3.8, 4) is 0 Å². The molecular weight excluding hydrogens is 420 g/mol. The van der Waals surface area contributed by atoms with Crippen molar-refractivity contribution >= 4 is 32.2 Å². The Bertz CT molecular complexity index is 976. The van der Waals surface area contributed by atoms with E-state index in [2.05, 4.69) is 19.5 Å². The van der Waals surface area contributed by atoms with Gasteiger partial charge in [-0.3, -0.25) is 13.7 Å². The summed E-state index contributed by atoms with van der Waals surface area (Å²) in [5, 5.41) is 21.1. The van der Waals surface area contributed by atoms with Crippen molar-refractivity contribution in [3.05, 3.63) is 12.7 Å². The largest absolute Gasteiger partial charge is 0.387 e. The first-order valence-corrected chi connectivity index (χ1v) is 11.4. The van der Waals surface area contributed by atoms with Crippen LogP contribution in [0.2, 0.25) is 0 Å². The molecule has 7 N–H and O–H groups in total. The molecule has 3 heterocycles. The fourth-order valence-electron chi connectivity index (χ4n) is 2.88. The summed E-state index contributed by atoms with van der Waals surface area (Å²) >= 11 is 0. The maximum absolute atomic E-state index is 11.8. The van der Waals surface area contributed by atoms with Crippen molar-refractivity contribution < 1.29 is 43.3 Å². The van der Waals surface area contributed by atoms with Crippen LogP contribution in [0.25, 0.3) is 11.2 Å². The highest BCUT2D eigenvalue weighted by Gasteiger charge is 2.54. The van der Waals surface area contributed by atoms with Crippen molar-refractivity contribution in [2.45, 2.75) is 31.0 Å². The number of aliphatic hydroxyl groups is 2. The quantitative estimate of drug-likeness (QED) is 0.290. The number of hydrogen-bond donors (Lipinski definition) is 6. The predicted octanol–water partition coefficient (Wildman–Crippen LogP) is -1.25. The number of nitrogen functional groups attached to an aromatic ring is 1. The van der Waals surface area contributed by atoms with Crippen molar-refractivity contribution in [2.24, 2.45) is 0 Å². The number of anilines is 1. The topological polar surface area (TPSA) is 223 Å². The molecule has 0 radical (unpaired) electrons. The summed E-state index contributed by atoms with van der Waals surface area (Å²) in [7, 11) is -9.45. The average molecular weight is 439 g/mol. The van der Waals surface area contributed by atoms with Crippen LogP contribution < -0.4 is 5.73 Å². The average Bonchev–Trinajstić information content (AvgIpc) is 3.05. The zero-order chi connectivity index (χ0) is 20.9. The number of fused-ring (bicyclic) bond motifs is 1. The van der Waals surface area contributed by atoms with Crippen LogP contribution in [-0.4, -0.2) is 74.7 Å². The molecule has 0 saturated carbocycles. The Morgan fingerprint density at radius 2 is 2.00 bits per heavy atom. The molecule has 0 aromatic carbocycles. The van der Waals surface area contributed by atoms with Gasteiger partial charge in [0.05, 0.1) is 12.9 Å². The van der Waals surface area contributed by atoms with E-state index in [0.29, 0.717) is 0 Å². The third-order valence-corrected chi connectivity index (χ3v) is 7.65. The first-order valence-electron chi connectivity index (χ1n) is 7.82. The highest BCUT2D eigenvalue weighted by molar-refractivity contribution is 7.70. The van der Waals surface area contributed by atoms with Gasteiger partial charge < -0.3 is 39.9 Å². The molecule has 0 spiro atoms. The number of ether oxygens (including phenoxy) is 1. The number of aliphatic hydroxyl groups excluding tert-OH is 1. The van der Waals surface area contributed by atoms with Gasteiger partial charge in [0.2, 0.25) is 0 Å². The molecular formula is C12H19N5O9P2. The van der Waals surface area contributed by atoms with Crippen LogP contribution in [0, 0.1) is 0 Å². The Kier molecular flexibility index (Phi) is 5.38. The summed E-state index contributed by atoms with van der Waals surface area (Å²) in [6.45, 7) is 0.568. The lowest BCUT2D eigenvalue weighted by Gasteiger charge is -2.27. The van der Waals surface area contributed by atoms with Gasteiger partial charge in [0, 0.05) is 0 Å². The van der Waals surface area contributed by atoms with Crippen LogP contribution in [0.1, 0.15) is 13.2 Å². The molecule has 0 bridgehead atoms. The van der Waals surface area contributed by atoms with Gasteiger partial charge >= 0.3 is 15.2 Å². The van der Waals surface area contributed by atoms with Crippen molar-refractivity contribution in [2.75, 3.05) is 18.2 Å². The SMILES string of the molecule is C[C@@]1(O)[C@H](O)[C@@H](COP(=O)(O)CP(=O)(O)O)O[C@H]1n1cnc2c(N)ncnc21. The minimum atomic E-state index is -4.80. The molecule has 2 aromatic rings. The van der Waals surface area contributed by atoms with Crippen LogP contribution in [0.4, 0.5) is 5.82 Å². The van der Waals surface area contributed by atoms with Gasteiger partial charge in [-0.2, -0.15) is 0 Å². The summed E-state index contributed by atoms with van der Waals surface area (Å²) in [4.78, 5) is 39.0. The van der Waals surface area contributed by atoms with E-state index >= 15 is 0 Å². The summed E-state index contributed by atoms with van der Waals surface area (Å²) in [6.07, 6.45) is -1.61. The smallest absolute Gasteiger partial charge is 0.340 e. The zero-order valence-electron chi connectivity index (χ0n) is 14.4. The van der Waals surface area contributed by atoms with Gasteiger partial charge in [-0.25, -0.2) is 15.0 Å². The van der Waals surface area contributed by atoms with E-state index in [-0.39, 0.29) is 17.0 Å². The number of imidazole rings is 1. The number of rotatable bonds is 6. The molecule has 2 aromatic heterocycles. The zero-order valence-corrected chi connectivity index (χ0v) is 16.2. The van der Waals surface area contributed by atoms with Crippen molar-refractivity contribution in [1.82, 2.24) is 19.5 Å². The lowest BCUT2D eigenvalue weighted by molar-refractivity contribution is -0.0948. The Morgan fingerprint density at radius 3 is 2.64 bits per heavy atom. The minimum absolute atomic E-state index is 0.0977. The van der Waals surface area contributed by atoms with Gasteiger partial charge in [0.25, 0.3) is 0 Å². The van der Waals surface area contributed by atoms with Crippen molar-refractivity contribution in [1.29, 1.82) is 0 Å². The first-order chi connectivity index (χ1) is 12.8. The van der Waals surface area contributed by atoms with Crippen LogP contribution >= 0.6 is 15.2 Å². The lowest BCUT2D eigenvalue weighted by atomic mass is 9.96.